The molecule has 0 radical (unpaired) electrons. The molecule has 3 aromatic carbocycles. The van der Waals surface area contributed by atoms with Crippen LogP contribution in [0.4, 0.5) is 0 Å². The maximum atomic E-state index is 6.34. The van der Waals surface area contributed by atoms with Crippen LogP contribution < -0.4 is 39.9 Å². The van der Waals surface area contributed by atoms with Crippen LogP contribution in [-0.2, 0) is 4.43 Å². The summed E-state index contributed by atoms with van der Waals surface area (Å²) in [5, 5.41) is 4.66. The smallest absolute Gasteiger partial charge is 0.191 e. The van der Waals surface area contributed by atoms with Crippen LogP contribution >= 0.6 is 7.26 Å². The summed E-state index contributed by atoms with van der Waals surface area (Å²) in [7, 11) is -3.36. The molecule has 3 aromatic rings. The van der Waals surface area contributed by atoms with Crippen molar-refractivity contribution in [1.29, 1.82) is 0 Å². The van der Waals surface area contributed by atoms with Gasteiger partial charge in [0.2, 0.25) is 0 Å². The number of unbranched alkanes of at least 4 members (excludes halogenated alkanes) is 1. The Kier molecular flexibility index (Phi) is 11.9. The predicted molar refractivity (Wildman–Crippen MR) is 156 cm³/mol. The fraction of sp³-hybridized carbons (Fsp3) is 0.355. The van der Waals surface area contributed by atoms with Crippen molar-refractivity contribution in [3.05, 3.63) is 103 Å². The number of hydrogen-bond donors (Lipinski definition) is 0. The van der Waals surface area contributed by atoms with E-state index in [-0.39, 0.29) is 29.0 Å². The minimum atomic E-state index is -1.73. The summed E-state index contributed by atoms with van der Waals surface area (Å²) >= 11 is 0. The van der Waals surface area contributed by atoms with Gasteiger partial charge in [0.15, 0.2) is 8.32 Å². The molecular weight excluding hydrogens is 574 g/mol. The standard InChI is InChI=1S/C31H42OPSi.HI/c1-31(2,3)34(4,5)32-26-18-7-6-8-19-27-33(28-20-12-9-13-21-28,29-22-14-10-15-23-29)30-24-16-11-17-25-30;/h6,8-17,20-25H,7,18-19,26-27H2,1-5H3;1H/q+1;/p-1/b8-6-;. The first-order valence-corrected chi connectivity index (χ1v) is 17.5. The Morgan fingerprint density at radius 1 is 0.686 bits per heavy atom. The Bertz CT molecular complexity index is 917. The van der Waals surface area contributed by atoms with Gasteiger partial charge in [-0.1, -0.05) is 87.5 Å². The molecule has 0 aliphatic carbocycles. The third kappa shape index (κ3) is 7.86. The van der Waals surface area contributed by atoms with E-state index in [0.29, 0.717) is 0 Å². The second-order valence-corrected chi connectivity index (χ2v) is 19.0. The van der Waals surface area contributed by atoms with Gasteiger partial charge in [0, 0.05) is 13.0 Å². The number of rotatable bonds is 11. The van der Waals surface area contributed by atoms with Crippen molar-refractivity contribution in [2.24, 2.45) is 0 Å². The molecule has 0 N–H and O–H groups in total. The van der Waals surface area contributed by atoms with Crippen LogP contribution in [0.2, 0.25) is 18.1 Å². The molecule has 0 bridgehead atoms. The highest BCUT2D eigenvalue weighted by Gasteiger charge is 2.44. The van der Waals surface area contributed by atoms with E-state index in [1.807, 2.05) is 0 Å². The summed E-state index contributed by atoms with van der Waals surface area (Å²) in [5.41, 5.74) is 0. The second-order valence-electron chi connectivity index (χ2n) is 10.6. The summed E-state index contributed by atoms with van der Waals surface area (Å²) < 4.78 is 6.34. The summed E-state index contributed by atoms with van der Waals surface area (Å²) in [6, 6.07) is 33.5. The summed E-state index contributed by atoms with van der Waals surface area (Å²) in [6.45, 7) is 12.5. The van der Waals surface area contributed by atoms with E-state index in [1.165, 1.54) is 15.9 Å². The second kappa shape index (κ2) is 13.9. The highest BCUT2D eigenvalue weighted by atomic mass is 127. The van der Waals surface area contributed by atoms with Crippen molar-refractivity contribution in [3.63, 3.8) is 0 Å². The largest absolute Gasteiger partial charge is 1.00 e. The van der Waals surface area contributed by atoms with Crippen LogP contribution in [0.1, 0.15) is 40.0 Å². The fourth-order valence-electron chi connectivity index (χ4n) is 4.13. The predicted octanol–water partition coefficient (Wildman–Crippen LogP) is 4.73. The molecule has 0 saturated heterocycles. The third-order valence-corrected chi connectivity index (χ3v) is 16.2. The monoisotopic (exact) mass is 616 g/mol. The van der Waals surface area contributed by atoms with E-state index in [9.17, 15) is 0 Å². The first kappa shape index (κ1) is 30.0. The van der Waals surface area contributed by atoms with E-state index in [2.05, 4.69) is 137 Å². The maximum absolute atomic E-state index is 6.34. The number of hydrogen-bond acceptors (Lipinski definition) is 1. The van der Waals surface area contributed by atoms with E-state index in [4.69, 9.17) is 4.43 Å². The highest BCUT2D eigenvalue weighted by Crippen LogP contribution is 2.55. The molecular formula is C31H42IOPSi. The van der Waals surface area contributed by atoms with E-state index in [0.717, 1.165) is 32.0 Å². The summed E-state index contributed by atoms with van der Waals surface area (Å²) in [6.07, 6.45) is 9.17. The Morgan fingerprint density at radius 2 is 1.09 bits per heavy atom. The van der Waals surface area contributed by atoms with Crippen molar-refractivity contribution in [3.8, 4) is 0 Å². The molecule has 0 fully saturated rings. The molecule has 35 heavy (non-hydrogen) atoms. The molecule has 188 valence electrons. The zero-order valence-corrected chi connectivity index (χ0v) is 26.1. The number of halogens is 1. The quantitative estimate of drug-likeness (QED) is 0.0996. The lowest BCUT2D eigenvalue weighted by Gasteiger charge is -2.36. The van der Waals surface area contributed by atoms with Gasteiger partial charge in [-0.15, -0.1) is 0 Å². The fourth-order valence-corrected chi connectivity index (χ4v) is 9.47. The molecule has 1 nitrogen and oxygen atoms in total. The first-order valence-electron chi connectivity index (χ1n) is 12.6. The van der Waals surface area contributed by atoms with Gasteiger partial charge in [0.1, 0.15) is 23.2 Å². The average molecular weight is 617 g/mol. The summed E-state index contributed by atoms with van der Waals surface area (Å²) in [4.78, 5) is 0. The Morgan fingerprint density at radius 3 is 1.49 bits per heavy atom. The molecule has 0 unspecified atom stereocenters. The zero-order chi connectivity index (χ0) is 24.5. The van der Waals surface area contributed by atoms with Crippen molar-refractivity contribution in [1.82, 2.24) is 0 Å². The molecule has 0 heterocycles. The lowest BCUT2D eigenvalue weighted by molar-refractivity contribution is -0.00000799. The molecule has 0 aromatic heterocycles. The van der Waals surface area contributed by atoms with Crippen molar-refractivity contribution in [2.75, 3.05) is 12.8 Å². The van der Waals surface area contributed by atoms with Crippen LogP contribution in [0.5, 0.6) is 0 Å². The Labute approximate surface area is 232 Å². The molecule has 4 heteroatoms. The molecule has 3 rings (SSSR count). The van der Waals surface area contributed by atoms with Crippen LogP contribution in [0.3, 0.4) is 0 Å². The minimum Gasteiger partial charge on any atom is -1.00 e. The van der Waals surface area contributed by atoms with Crippen LogP contribution in [0.25, 0.3) is 0 Å². The van der Waals surface area contributed by atoms with Gasteiger partial charge in [-0.05, 0) is 67.4 Å². The van der Waals surface area contributed by atoms with Gasteiger partial charge < -0.3 is 28.4 Å². The van der Waals surface area contributed by atoms with Crippen LogP contribution in [0, 0.1) is 0 Å². The molecule has 0 saturated carbocycles. The van der Waals surface area contributed by atoms with E-state index < -0.39 is 15.6 Å². The van der Waals surface area contributed by atoms with Gasteiger partial charge in [-0.2, -0.15) is 0 Å². The van der Waals surface area contributed by atoms with Gasteiger partial charge >= 0.3 is 0 Å². The summed E-state index contributed by atoms with van der Waals surface area (Å²) in [5.74, 6) is 0. The molecule has 0 aliphatic rings. The maximum Gasteiger partial charge on any atom is 0.191 e. The average Bonchev–Trinajstić information content (AvgIpc) is 2.84. The zero-order valence-electron chi connectivity index (χ0n) is 22.1. The Hall–Kier alpha value is -1.26. The van der Waals surface area contributed by atoms with Gasteiger partial charge in [-0.25, -0.2) is 0 Å². The topological polar surface area (TPSA) is 9.23 Å². The number of allylic oxidation sites excluding steroid dienone is 2. The molecule has 0 aliphatic heterocycles. The normalized spacial score (nSPS) is 12.5. The third-order valence-electron chi connectivity index (χ3n) is 7.17. The number of benzene rings is 3. The first-order chi connectivity index (χ1) is 16.3. The van der Waals surface area contributed by atoms with Crippen molar-refractivity contribution < 1.29 is 28.4 Å². The van der Waals surface area contributed by atoms with Gasteiger partial charge in [0.25, 0.3) is 0 Å². The lowest BCUT2D eigenvalue weighted by atomic mass is 10.2. The van der Waals surface area contributed by atoms with E-state index >= 15 is 0 Å². The Balaban J connectivity index is 0.00000432. The van der Waals surface area contributed by atoms with E-state index in [1.54, 1.807) is 0 Å². The van der Waals surface area contributed by atoms with Crippen LogP contribution in [-0.4, -0.2) is 21.1 Å². The van der Waals surface area contributed by atoms with Gasteiger partial charge in [-0.3, -0.25) is 0 Å². The SMILES string of the molecule is CC(C)(C)[Si](C)(C)OCCC/C=C\CC[P+](c1ccccc1)(c1ccccc1)c1ccccc1.[I-]. The minimum absolute atomic E-state index is 0. The lowest BCUT2D eigenvalue weighted by Crippen LogP contribution is -3.00. The van der Waals surface area contributed by atoms with Crippen LogP contribution in [0.15, 0.2) is 103 Å². The van der Waals surface area contributed by atoms with Crippen molar-refractivity contribution in [2.45, 2.75) is 58.2 Å². The molecule has 0 atom stereocenters. The van der Waals surface area contributed by atoms with Gasteiger partial charge in [0.05, 0.1) is 6.16 Å². The van der Waals surface area contributed by atoms with Crippen molar-refractivity contribution >= 4 is 31.5 Å². The molecule has 0 spiro atoms. The highest BCUT2D eigenvalue weighted by molar-refractivity contribution is 7.95. The molecule has 0 amide bonds.